The minimum absolute atomic E-state index is 0.0487. The van der Waals surface area contributed by atoms with Gasteiger partial charge in [0, 0.05) is 43.1 Å². The number of aliphatic hydroxyl groups is 1. The average molecular weight is 511 g/mol. The molecule has 1 aromatic rings. The predicted octanol–water partition coefficient (Wildman–Crippen LogP) is 3.71. The molecule has 3 aliphatic carbocycles. The van der Waals surface area contributed by atoms with Crippen LogP contribution in [0, 0.1) is 5.92 Å². The van der Waals surface area contributed by atoms with Crippen molar-refractivity contribution in [2.75, 3.05) is 7.11 Å². The molecule has 6 rings (SSSR count). The highest BCUT2D eigenvalue weighted by atomic mass is 16.6. The van der Waals surface area contributed by atoms with Gasteiger partial charge < -0.3 is 29.5 Å². The maximum Gasteiger partial charge on any atom is 0.205 e. The van der Waals surface area contributed by atoms with Crippen LogP contribution in [0.5, 0.6) is 17.2 Å². The molecule has 3 N–H and O–H groups in total. The molecule has 0 radical (unpaired) electrons. The number of methoxy groups -OCH3 is 1. The average Bonchev–Trinajstić information content (AvgIpc) is 2.97. The van der Waals surface area contributed by atoms with Crippen molar-refractivity contribution >= 4 is 11.6 Å². The van der Waals surface area contributed by atoms with Crippen molar-refractivity contribution in [2.45, 2.75) is 82.4 Å². The van der Waals surface area contributed by atoms with Crippen molar-refractivity contribution in [3.05, 3.63) is 52.6 Å². The van der Waals surface area contributed by atoms with Crippen LogP contribution in [0.3, 0.4) is 0 Å². The number of carbonyl (C=O) groups is 2. The Hall–Kier alpha value is -2.94. The molecule has 0 aromatic heterocycles. The molecule has 5 aliphatic rings. The summed E-state index contributed by atoms with van der Waals surface area (Å²) >= 11 is 0. The van der Waals surface area contributed by atoms with Crippen LogP contribution >= 0.6 is 0 Å². The second-order valence-electron chi connectivity index (χ2n) is 11.6. The summed E-state index contributed by atoms with van der Waals surface area (Å²) in [5.41, 5.74) is -3.71. The molecule has 198 valence electrons. The minimum Gasteiger partial charge on any atom is -0.507 e. The minimum atomic E-state index is -1.59. The van der Waals surface area contributed by atoms with Gasteiger partial charge in [0.25, 0.3) is 0 Å². The highest BCUT2D eigenvalue weighted by molar-refractivity contribution is 6.19. The standard InChI is InChI=1S/C29H34O8/c1-14(2)8-9-28-25(34)27(35-7)12-17-23(33)22-20(32)11-19(31)16(10-18(30)15(3)4)24(22)36-29(17,28)21(13-27)26(5,6)37-28/h8,11-12,18,21,30-32H,3,9-10,13H2,1-2,4-7H3/t18?,21-,27+,28+,29-/m0/s1. The number of ketones is 2. The van der Waals surface area contributed by atoms with E-state index in [1.54, 1.807) is 6.92 Å². The first-order valence-electron chi connectivity index (χ1n) is 12.5. The lowest BCUT2D eigenvalue weighted by Crippen LogP contribution is -2.77. The third-order valence-corrected chi connectivity index (χ3v) is 8.61. The second-order valence-corrected chi connectivity index (χ2v) is 11.6. The summed E-state index contributed by atoms with van der Waals surface area (Å²) in [5.74, 6) is -2.15. The number of aromatic hydroxyl groups is 2. The molecule has 1 unspecified atom stereocenters. The number of hydrogen-bond donors (Lipinski definition) is 3. The number of ether oxygens (including phenoxy) is 3. The molecule has 5 atom stereocenters. The van der Waals surface area contributed by atoms with E-state index in [0.717, 1.165) is 11.6 Å². The molecule has 1 saturated carbocycles. The first-order valence-corrected chi connectivity index (χ1v) is 12.5. The normalized spacial score (nSPS) is 33.3. The number of carbonyl (C=O) groups excluding carboxylic acids is 2. The van der Waals surface area contributed by atoms with Crippen LogP contribution in [0.25, 0.3) is 0 Å². The molecular formula is C29H34O8. The number of phenols is 2. The van der Waals surface area contributed by atoms with E-state index in [0.29, 0.717) is 5.57 Å². The van der Waals surface area contributed by atoms with Crippen LogP contribution in [0.1, 0.15) is 63.4 Å². The number of hydrogen-bond acceptors (Lipinski definition) is 8. The molecule has 2 aliphatic heterocycles. The summed E-state index contributed by atoms with van der Waals surface area (Å²) in [6.45, 7) is 13.0. The molecule has 0 amide bonds. The topological polar surface area (TPSA) is 123 Å². The summed E-state index contributed by atoms with van der Waals surface area (Å²) in [6.07, 6.45) is 2.69. The summed E-state index contributed by atoms with van der Waals surface area (Å²) in [5, 5.41) is 32.2. The molecule has 1 saturated heterocycles. The number of phenolic OH excluding ortho intramolecular Hbond substituents is 2. The molecule has 2 fully saturated rings. The zero-order valence-electron chi connectivity index (χ0n) is 22.1. The lowest BCUT2D eigenvalue weighted by molar-refractivity contribution is -0.190. The van der Waals surface area contributed by atoms with Crippen LogP contribution < -0.4 is 4.74 Å². The Morgan fingerprint density at radius 2 is 1.92 bits per heavy atom. The van der Waals surface area contributed by atoms with E-state index in [2.05, 4.69) is 6.58 Å². The van der Waals surface area contributed by atoms with E-state index in [1.807, 2.05) is 33.8 Å². The molecule has 8 heteroatoms. The SMILES string of the molecule is C=C(C)C(O)Cc1c(O)cc(O)c2c1O[C@@]13C(=C[C@@]4(OC)C[C@H]1C(C)(C)O[C@]3(CC=C(C)C)C4=O)C2=O. The Labute approximate surface area is 216 Å². The van der Waals surface area contributed by atoms with Crippen molar-refractivity contribution in [3.8, 4) is 17.2 Å². The van der Waals surface area contributed by atoms with Crippen molar-refractivity contribution < 1.29 is 39.1 Å². The van der Waals surface area contributed by atoms with Crippen molar-refractivity contribution in [1.29, 1.82) is 0 Å². The molecule has 37 heavy (non-hydrogen) atoms. The quantitative estimate of drug-likeness (QED) is 0.495. The maximum absolute atomic E-state index is 14.3. The Kier molecular flexibility index (Phi) is 5.41. The maximum atomic E-state index is 14.3. The zero-order valence-corrected chi connectivity index (χ0v) is 22.1. The number of fused-ring (bicyclic) bond motifs is 1. The number of allylic oxidation sites excluding steroid dienone is 1. The third-order valence-electron chi connectivity index (χ3n) is 8.61. The van der Waals surface area contributed by atoms with Crippen LogP contribution in [0.2, 0.25) is 0 Å². The fraction of sp³-hybridized carbons (Fsp3) is 0.517. The van der Waals surface area contributed by atoms with Gasteiger partial charge in [-0.15, -0.1) is 0 Å². The monoisotopic (exact) mass is 510 g/mol. The lowest BCUT2D eigenvalue weighted by Gasteiger charge is -2.59. The summed E-state index contributed by atoms with van der Waals surface area (Å²) in [6, 6.07) is 1.07. The summed E-state index contributed by atoms with van der Waals surface area (Å²) < 4.78 is 19.3. The van der Waals surface area contributed by atoms with Gasteiger partial charge in [0.15, 0.2) is 17.0 Å². The molecule has 1 aromatic carbocycles. The van der Waals surface area contributed by atoms with Crippen LogP contribution in [0.4, 0.5) is 0 Å². The van der Waals surface area contributed by atoms with Gasteiger partial charge in [-0.2, -0.15) is 0 Å². The Balaban J connectivity index is 1.85. The molecule has 2 heterocycles. The van der Waals surface area contributed by atoms with Gasteiger partial charge in [-0.1, -0.05) is 23.8 Å². The molecule has 8 nitrogen and oxygen atoms in total. The fourth-order valence-corrected chi connectivity index (χ4v) is 6.76. The number of aliphatic hydroxyl groups excluding tert-OH is 1. The van der Waals surface area contributed by atoms with Crippen molar-refractivity contribution in [3.63, 3.8) is 0 Å². The van der Waals surface area contributed by atoms with E-state index in [9.17, 15) is 24.9 Å². The Morgan fingerprint density at radius 3 is 2.51 bits per heavy atom. The first-order chi connectivity index (χ1) is 17.2. The predicted molar refractivity (Wildman–Crippen MR) is 135 cm³/mol. The molecule has 4 bridgehead atoms. The van der Waals surface area contributed by atoms with Crippen LogP contribution in [0.15, 0.2) is 41.5 Å². The van der Waals surface area contributed by atoms with Gasteiger partial charge in [0.1, 0.15) is 28.4 Å². The van der Waals surface area contributed by atoms with Gasteiger partial charge in [-0.25, -0.2) is 0 Å². The summed E-state index contributed by atoms with van der Waals surface area (Å²) in [7, 11) is 1.45. The van der Waals surface area contributed by atoms with Gasteiger partial charge in [0.2, 0.25) is 5.78 Å². The van der Waals surface area contributed by atoms with E-state index in [4.69, 9.17) is 14.2 Å². The van der Waals surface area contributed by atoms with Crippen molar-refractivity contribution in [1.82, 2.24) is 0 Å². The van der Waals surface area contributed by atoms with E-state index in [1.165, 1.54) is 13.2 Å². The number of Topliss-reactive ketones (excluding diaryl/α,β-unsaturated/α-hetero) is 2. The Bertz CT molecular complexity index is 1320. The first kappa shape index (κ1) is 25.7. The summed E-state index contributed by atoms with van der Waals surface area (Å²) in [4.78, 5) is 28.5. The highest BCUT2D eigenvalue weighted by Gasteiger charge is 2.84. The van der Waals surface area contributed by atoms with E-state index in [-0.39, 0.29) is 53.2 Å². The highest BCUT2D eigenvalue weighted by Crippen LogP contribution is 2.69. The third kappa shape index (κ3) is 3.06. The Morgan fingerprint density at radius 1 is 1.24 bits per heavy atom. The number of rotatable bonds is 6. The number of benzene rings is 1. The lowest BCUT2D eigenvalue weighted by atomic mass is 9.49. The van der Waals surface area contributed by atoms with E-state index >= 15 is 0 Å². The largest absolute Gasteiger partial charge is 0.507 e. The van der Waals surface area contributed by atoms with Gasteiger partial charge in [-0.3, -0.25) is 9.59 Å². The van der Waals surface area contributed by atoms with E-state index < -0.39 is 46.0 Å². The molecular weight excluding hydrogens is 476 g/mol. The van der Waals surface area contributed by atoms with Crippen LogP contribution in [-0.4, -0.2) is 62.5 Å². The van der Waals surface area contributed by atoms with Crippen molar-refractivity contribution in [2.24, 2.45) is 5.92 Å². The zero-order chi connectivity index (χ0) is 27.3. The van der Waals surface area contributed by atoms with Gasteiger partial charge in [0.05, 0.1) is 11.7 Å². The van der Waals surface area contributed by atoms with Crippen LogP contribution in [-0.2, 0) is 20.7 Å². The fourth-order valence-electron chi connectivity index (χ4n) is 6.76. The smallest absolute Gasteiger partial charge is 0.205 e. The van der Waals surface area contributed by atoms with Gasteiger partial charge in [-0.05, 0) is 47.1 Å². The molecule has 1 spiro atoms. The second kappa shape index (κ2) is 7.79. The van der Waals surface area contributed by atoms with Gasteiger partial charge >= 0.3 is 0 Å².